The highest BCUT2D eigenvalue weighted by molar-refractivity contribution is 6.02. The van der Waals surface area contributed by atoms with Crippen molar-refractivity contribution in [1.82, 2.24) is 0 Å². The van der Waals surface area contributed by atoms with Crippen molar-refractivity contribution in [3.63, 3.8) is 0 Å². The zero-order chi connectivity index (χ0) is 19.3. The summed E-state index contributed by atoms with van der Waals surface area (Å²) in [5.74, 6) is 2.44. The molecule has 2 rings (SSSR count). The molecule has 0 N–H and O–H groups in total. The molecule has 0 heterocycles. The Morgan fingerprint density at radius 2 is 2.04 bits per heavy atom. The average molecular weight is 354 g/mol. The van der Waals surface area contributed by atoms with Crippen LogP contribution in [0.4, 0.5) is 0 Å². The Morgan fingerprint density at radius 3 is 2.65 bits per heavy atom. The molecule has 0 aliphatic heterocycles. The fraction of sp³-hybridized carbons (Fsp3) is 0.435. The lowest BCUT2D eigenvalue weighted by Gasteiger charge is -2.20. The zero-order valence-corrected chi connectivity index (χ0v) is 16.6. The van der Waals surface area contributed by atoms with Gasteiger partial charge in [-0.3, -0.25) is 4.79 Å². The van der Waals surface area contributed by atoms with Gasteiger partial charge < -0.3 is 9.47 Å². The fourth-order valence-electron chi connectivity index (χ4n) is 3.02. The van der Waals surface area contributed by atoms with E-state index in [4.69, 9.17) is 9.47 Å². The highest BCUT2D eigenvalue weighted by atomic mass is 16.5. The predicted octanol–water partition coefficient (Wildman–Crippen LogP) is 5.76. The highest BCUT2D eigenvalue weighted by Crippen LogP contribution is 2.36. The largest absolute Gasteiger partial charge is 0.492 e. The summed E-state index contributed by atoms with van der Waals surface area (Å²) in [6.07, 6.45) is 5.15. The van der Waals surface area contributed by atoms with Crippen molar-refractivity contribution in [2.24, 2.45) is 11.8 Å². The normalized spacial score (nSPS) is 15.7. The summed E-state index contributed by atoms with van der Waals surface area (Å²) in [6, 6.07) is 6.02. The number of ketones is 1. The predicted molar refractivity (Wildman–Crippen MR) is 107 cm³/mol. The van der Waals surface area contributed by atoms with Crippen molar-refractivity contribution in [2.45, 2.75) is 47.5 Å². The van der Waals surface area contributed by atoms with Crippen LogP contribution in [0.2, 0.25) is 0 Å². The van der Waals surface area contributed by atoms with Crippen LogP contribution in [0, 0.1) is 11.8 Å². The molecule has 0 bridgehead atoms. The van der Waals surface area contributed by atoms with Gasteiger partial charge in [-0.25, -0.2) is 0 Å². The van der Waals surface area contributed by atoms with Gasteiger partial charge in [0.2, 0.25) is 0 Å². The minimum atomic E-state index is 0.0675. The van der Waals surface area contributed by atoms with Gasteiger partial charge >= 0.3 is 0 Å². The molecule has 1 aliphatic carbocycles. The molecule has 0 radical (unpaired) electrons. The van der Waals surface area contributed by atoms with E-state index < -0.39 is 0 Å². The fourth-order valence-corrected chi connectivity index (χ4v) is 3.02. The third kappa shape index (κ3) is 4.46. The lowest BCUT2D eigenvalue weighted by Crippen LogP contribution is -2.14. The van der Waals surface area contributed by atoms with Crippen LogP contribution in [-0.2, 0) is 20.7 Å². The second-order valence-corrected chi connectivity index (χ2v) is 7.10. The smallest absolute Gasteiger partial charge is 0.159 e. The van der Waals surface area contributed by atoms with Crippen LogP contribution in [0.15, 0.2) is 42.7 Å². The first-order chi connectivity index (χ1) is 12.4. The molecule has 1 aromatic carbocycles. The van der Waals surface area contributed by atoms with E-state index in [0.717, 1.165) is 34.4 Å². The maximum Gasteiger partial charge on any atom is 0.159 e. The number of carbonyl (C=O) groups is 1. The van der Waals surface area contributed by atoms with Crippen molar-refractivity contribution < 1.29 is 14.3 Å². The van der Waals surface area contributed by atoms with Gasteiger partial charge in [0.25, 0.3) is 0 Å². The third-order valence-electron chi connectivity index (χ3n) is 5.19. The van der Waals surface area contributed by atoms with Crippen LogP contribution >= 0.6 is 0 Å². The number of Topliss-reactive ketones (excluding diaryl/α,β-unsaturated/α-hetero) is 1. The van der Waals surface area contributed by atoms with Crippen molar-refractivity contribution in [3.8, 4) is 0 Å². The van der Waals surface area contributed by atoms with Crippen molar-refractivity contribution in [2.75, 3.05) is 6.61 Å². The Hall–Kier alpha value is -2.29. The van der Waals surface area contributed by atoms with Crippen LogP contribution in [-0.4, -0.2) is 12.4 Å². The standard InChI is InChI=1S/C23H30O3/c1-7-11-25-18(6)19-9-10-21-20(12-19)13-22(17(5)24)23(21)26-14-16(4)15(3)8-2/h7,9-12,15-16H,6,8,13-14H2,1-5H3/b11-7-. The van der Waals surface area contributed by atoms with E-state index in [2.05, 4.69) is 27.4 Å². The van der Waals surface area contributed by atoms with Gasteiger partial charge in [0, 0.05) is 23.1 Å². The number of fused-ring (bicyclic) bond motifs is 1. The summed E-state index contributed by atoms with van der Waals surface area (Å²) in [5, 5.41) is 0. The molecule has 26 heavy (non-hydrogen) atoms. The van der Waals surface area contributed by atoms with Crippen LogP contribution in [0.25, 0.3) is 11.5 Å². The quantitative estimate of drug-likeness (QED) is 0.529. The maximum absolute atomic E-state index is 12.1. The van der Waals surface area contributed by atoms with Crippen LogP contribution in [0.3, 0.4) is 0 Å². The summed E-state index contributed by atoms with van der Waals surface area (Å²) < 4.78 is 11.6. The summed E-state index contributed by atoms with van der Waals surface area (Å²) >= 11 is 0. The van der Waals surface area contributed by atoms with E-state index in [-0.39, 0.29) is 5.78 Å². The summed E-state index contributed by atoms with van der Waals surface area (Å²) in [4.78, 5) is 12.1. The number of ether oxygens (including phenoxy) is 2. The van der Waals surface area contributed by atoms with E-state index in [0.29, 0.717) is 30.6 Å². The molecular formula is C23H30O3. The molecule has 3 nitrogen and oxygen atoms in total. The van der Waals surface area contributed by atoms with Crippen molar-refractivity contribution in [1.29, 1.82) is 0 Å². The summed E-state index contributed by atoms with van der Waals surface area (Å²) in [6.45, 7) is 14.7. The first kappa shape index (κ1) is 20.0. The summed E-state index contributed by atoms with van der Waals surface area (Å²) in [7, 11) is 0. The minimum Gasteiger partial charge on any atom is -0.492 e. The van der Waals surface area contributed by atoms with Gasteiger partial charge in [-0.2, -0.15) is 0 Å². The number of hydrogen-bond donors (Lipinski definition) is 0. The molecule has 0 spiro atoms. The lowest BCUT2D eigenvalue weighted by molar-refractivity contribution is -0.113. The van der Waals surface area contributed by atoms with E-state index in [9.17, 15) is 4.79 Å². The van der Waals surface area contributed by atoms with Crippen LogP contribution < -0.4 is 0 Å². The molecule has 1 aromatic rings. The molecule has 0 fully saturated rings. The molecule has 1 aliphatic rings. The van der Waals surface area contributed by atoms with Crippen molar-refractivity contribution in [3.05, 3.63) is 59.4 Å². The molecule has 0 aromatic heterocycles. The van der Waals surface area contributed by atoms with Gasteiger partial charge in [-0.1, -0.05) is 52.0 Å². The first-order valence-electron chi connectivity index (χ1n) is 9.36. The molecule has 2 unspecified atom stereocenters. The number of benzene rings is 1. The Balaban J connectivity index is 2.24. The highest BCUT2D eigenvalue weighted by Gasteiger charge is 2.27. The Morgan fingerprint density at radius 1 is 1.31 bits per heavy atom. The van der Waals surface area contributed by atoms with E-state index in [1.54, 1.807) is 13.2 Å². The zero-order valence-electron chi connectivity index (χ0n) is 16.6. The lowest BCUT2D eigenvalue weighted by atomic mass is 9.94. The molecule has 0 saturated carbocycles. The molecular weight excluding hydrogens is 324 g/mol. The van der Waals surface area contributed by atoms with Crippen LogP contribution in [0.1, 0.15) is 57.7 Å². The van der Waals surface area contributed by atoms with E-state index >= 15 is 0 Å². The molecule has 0 saturated heterocycles. The molecule has 2 atom stereocenters. The number of carbonyl (C=O) groups excluding carboxylic acids is 1. The molecule has 0 amide bonds. The van der Waals surface area contributed by atoms with Gasteiger partial charge in [0.15, 0.2) is 5.78 Å². The SMILES string of the molecule is C=C(O/C=C\C)c1ccc2c(c1)CC(C(C)=O)=C2OCC(C)C(C)CC. The van der Waals surface area contributed by atoms with Gasteiger partial charge in [-0.05, 0) is 37.3 Å². The Labute approximate surface area is 157 Å². The maximum atomic E-state index is 12.1. The Kier molecular flexibility index (Phi) is 6.84. The molecule has 3 heteroatoms. The third-order valence-corrected chi connectivity index (χ3v) is 5.19. The monoisotopic (exact) mass is 354 g/mol. The topological polar surface area (TPSA) is 35.5 Å². The number of hydrogen-bond acceptors (Lipinski definition) is 3. The summed E-state index contributed by atoms with van der Waals surface area (Å²) in [5.41, 5.74) is 3.77. The van der Waals surface area contributed by atoms with E-state index in [1.807, 2.05) is 31.2 Å². The second kappa shape index (κ2) is 8.88. The molecule has 140 valence electrons. The van der Waals surface area contributed by atoms with E-state index in [1.165, 1.54) is 0 Å². The van der Waals surface area contributed by atoms with Gasteiger partial charge in [-0.15, -0.1) is 0 Å². The van der Waals surface area contributed by atoms with Gasteiger partial charge in [0.1, 0.15) is 11.5 Å². The second-order valence-electron chi connectivity index (χ2n) is 7.10. The number of rotatable bonds is 9. The van der Waals surface area contributed by atoms with Gasteiger partial charge in [0.05, 0.1) is 12.9 Å². The van der Waals surface area contributed by atoms with Crippen molar-refractivity contribution >= 4 is 17.3 Å². The minimum absolute atomic E-state index is 0.0675. The first-order valence-corrected chi connectivity index (χ1v) is 9.36. The van der Waals surface area contributed by atoms with Crippen LogP contribution in [0.5, 0.6) is 0 Å². The average Bonchev–Trinajstić information content (AvgIpc) is 3.01. The number of allylic oxidation sites excluding steroid dienone is 2. The Bertz CT molecular complexity index is 740.